The second-order valence-electron chi connectivity index (χ2n) is 3.96. The third-order valence-corrected chi connectivity index (χ3v) is 3.47. The molecule has 0 saturated heterocycles. The zero-order valence-electron chi connectivity index (χ0n) is 11.0. The summed E-state index contributed by atoms with van der Waals surface area (Å²) in [4.78, 5) is 11.7. The first-order valence-corrected chi connectivity index (χ1v) is 8.88. The van der Waals surface area contributed by atoms with Gasteiger partial charge in [0.25, 0.3) is 20.2 Å². The van der Waals surface area contributed by atoms with Crippen LogP contribution in [-0.4, -0.2) is 65.5 Å². The molecule has 0 aliphatic heterocycles. The van der Waals surface area contributed by atoms with Gasteiger partial charge in [0, 0.05) is 13.1 Å². The van der Waals surface area contributed by atoms with Gasteiger partial charge in [-0.15, -0.1) is 0 Å². The Kier molecular flexibility index (Phi) is 5.77. The third-order valence-electron chi connectivity index (χ3n) is 2.03. The van der Waals surface area contributed by atoms with Crippen LogP contribution in [0.1, 0.15) is 5.82 Å². The number of hydrogen-bond donors (Lipinski definition) is 4. The molecule has 0 saturated carbocycles. The summed E-state index contributed by atoms with van der Waals surface area (Å²) in [5.41, 5.74) is 0. The molecular formula is C8H15N5O6S2. The number of aromatic nitrogens is 3. The normalized spacial score (nSPS) is 12.1. The van der Waals surface area contributed by atoms with Gasteiger partial charge >= 0.3 is 0 Å². The first-order chi connectivity index (χ1) is 9.55. The van der Waals surface area contributed by atoms with Gasteiger partial charge in [0.1, 0.15) is 5.82 Å². The van der Waals surface area contributed by atoms with Gasteiger partial charge in [0.15, 0.2) is 0 Å². The Bertz CT molecular complexity index is 633. The molecule has 21 heavy (non-hydrogen) atoms. The molecule has 0 aliphatic rings. The lowest BCUT2D eigenvalue weighted by molar-refractivity contribution is 0.481. The van der Waals surface area contributed by atoms with Crippen molar-refractivity contribution in [2.24, 2.45) is 0 Å². The molecule has 0 spiro atoms. The Labute approximate surface area is 121 Å². The lowest BCUT2D eigenvalue weighted by atomic mass is 10.6. The lowest BCUT2D eigenvalue weighted by Crippen LogP contribution is -2.19. The SMILES string of the molecule is Cc1nc(NCCS(=O)(=O)O)nc(NCCS(=O)(=O)O)n1. The van der Waals surface area contributed by atoms with E-state index in [-0.39, 0.29) is 25.0 Å². The summed E-state index contributed by atoms with van der Waals surface area (Å²) in [5.74, 6) is -0.568. The summed E-state index contributed by atoms with van der Waals surface area (Å²) in [6.45, 7) is 1.35. The van der Waals surface area contributed by atoms with E-state index in [0.29, 0.717) is 5.82 Å². The van der Waals surface area contributed by atoms with Crippen LogP contribution in [0, 0.1) is 6.92 Å². The smallest absolute Gasteiger partial charge is 0.266 e. The molecule has 13 heteroatoms. The summed E-state index contributed by atoms with van der Waals surface area (Å²) in [6.07, 6.45) is 0. The number of hydrogen-bond acceptors (Lipinski definition) is 9. The van der Waals surface area contributed by atoms with Crippen molar-refractivity contribution in [2.45, 2.75) is 6.92 Å². The molecule has 1 aromatic heterocycles. The molecule has 1 rings (SSSR count). The maximum atomic E-state index is 10.6. The van der Waals surface area contributed by atoms with E-state index in [2.05, 4.69) is 25.6 Å². The maximum Gasteiger partial charge on any atom is 0.266 e. The fourth-order valence-corrected chi connectivity index (χ4v) is 1.94. The van der Waals surface area contributed by atoms with Gasteiger partial charge in [-0.3, -0.25) is 9.11 Å². The molecule has 0 bridgehead atoms. The largest absolute Gasteiger partial charge is 0.353 e. The van der Waals surface area contributed by atoms with Crippen molar-refractivity contribution in [2.75, 3.05) is 35.2 Å². The van der Waals surface area contributed by atoms with Crippen LogP contribution in [0.3, 0.4) is 0 Å². The van der Waals surface area contributed by atoms with Crippen LogP contribution in [0.4, 0.5) is 11.9 Å². The molecule has 0 amide bonds. The molecule has 4 N–H and O–H groups in total. The number of nitrogens with zero attached hydrogens (tertiary/aromatic N) is 3. The Morgan fingerprint density at radius 3 is 1.57 bits per heavy atom. The minimum absolute atomic E-state index is 0.0699. The standard InChI is InChI=1S/C8H15N5O6S2/c1-6-11-7(9-2-4-20(14,15)16)13-8(12-6)10-3-5-21(17,18)19/h2-5H2,1H3,(H,14,15,16)(H,17,18,19)(H2,9,10,11,12,13). The van der Waals surface area contributed by atoms with E-state index >= 15 is 0 Å². The van der Waals surface area contributed by atoms with Crippen LogP contribution in [0.2, 0.25) is 0 Å². The van der Waals surface area contributed by atoms with Gasteiger partial charge in [-0.2, -0.15) is 31.8 Å². The Morgan fingerprint density at radius 1 is 0.857 bits per heavy atom. The molecule has 0 aromatic carbocycles. The maximum absolute atomic E-state index is 10.6. The van der Waals surface area contributed by atoms with Gasteiger partial charge in [-0.1, -0.05) is 0 Å². The topological polar surface area (TPSA) is 171 Å². The Hall–Kier alpha value is -1.57. The second kappa shape index (κ2) is 6.93. The second-order valence-corrected chi connectivity index (χ2v) is 7.10. The van der Waals surface area contributed by atoms with E-state index in [0.717, 1.165) is 0 Å². The molecule has 1 heterocycles. The monoisotopic (exact) mass is 341 g/mol. The van der Waals surface area contributed by atoms with Crippen LogP contribution in [0.5, 0.6) is 0 Å². The van der Waals surface area contributed by atoms with Crippen LogP contribution in [0.25, 0.3) is 0 Å². The van der Waals surface area contributed by atoms with Crippen molar-refractivity contribution in [3.63, 3.8) is 0 Å². The van der Waals surface area contributed by atoms with Crippen LogP contribution in [0.15, 0.2) is 0 Å². The van der Waals surface area contributed by atoms with E-state index < -0.39 is 31.7 Å². The molecule has 0 fully saturated rings. The molecule has 0 aliphatic carbocycles. The Balaban J connectivity index is 2.62. The average molecular weight is 341 g/mol. The first kappa shape index (κ1) is 17.5. The zero-order valence-corrected chi connectivity index (χ0v) is 12.6. The van der Waals surface area contributed by atoms with Crippen molar-refractivity contribution in [1.29, 1.82) is 0 Å². The van der Waals surface area contributed by atoms with Crippen molar-refractivity contribution >= 4 is 32.1 Å². The van der Waals surface area contributed by atoms with E-state index in [1.54, 1.807) is 6.92 Å². The number of nitrogens with one attached hydrogen (secondary N) is 2. The van der Waals surface area contributed by atoms with E-state index in [4.69, 9.17) is 9.11 Å². The summed E-state index contributed by atoms with van der Waals surface area (Å²) < 4.78 is 59.4. The lowest BCUT2D eigenvalue weighted by Gasteiger charge is -2.08. The molecular weight excluding hydrogens is 326 g/mol. The highest BCUT2D eigenvalue weighted by atomic mass is 32.2. The summed E-state index contributed by atoms with van der Waals surface area (Å²) in [7, 11) is -8.18. The van der Waals surface area contributed by atoms with Crippen LogP contribution >= 0.6 is 0 Å². The highest BCUT2D eigenvalue weighted by molar-refractivity contribution is 7.86. The minimum Gasteiger partial charge on any atom is -0.353 e. The van der Waals surface area contributed by atoms with Crippen molar-refractivity contribution in [3.8, 4) is 0 Å². The number of aryl methyl sites for hydroxylation is 1. The van der Waals surface area contributed by atoms with Gasteiger partial charge in [-0.25, -0.2) is 0 Å². The summed E-state index contributed by atoms with van der Waals surface area (Å²) in [6, 6.07) is 0. The molecule has 11 nitrogen and oxygen atoms in total. The average Bonchev–Trinajstić information content (AvgIpc) is 2.24. The zero-order chi connectivity index (χ0) is 16.1. The molecule has 0 unspecified atom stereocenters. The minimum atomic E-state index is -4.09. The highest BCUT2D eigenvalue weighted by Gasteiger charge is 2.08. The van der Waals surface area contributed by atoms with E-state index in [1.807, 2.05) is 0 Å². The van der Waals surface area contributed by atoms with Gasteiger partial charge in [0.05, 0.1) is 11.5 Å². The van der Waals surface area contributed by atoms with Crippen LogP contribution in [-0.2, 0) is 20.2 Å². The number of rotatable bonds is 8. The predicted molar refractivity (Wildman–Crippen MR) is 74.4 cm³/mol. The molecule has 1 aromatic rings. The van der Waals surface area contributed by atoms with Gasteiger partial charge in [0.2, 0.25) is 11.9 Å². The van der Waals surface area contributed by atoms with E-state index in [1.165, 1.54) is 0 Å². The molecule has 0 radical (unpaired) electrons. The fourth-order valence-electron chi connectivity index (χ4n) is 1.22. The molecule has 0 atom stereocenters. The van der Waals surface area contributed by atoms with Gasteiger partial charge < -0.3 is 10.6 Å². The number of anilines is 2. The molecule has 120 valence electrons. The fraction of sp³-hybridized carbons (Fsp3) is 0.625. The van der Waals surface area contributed by atoms with Crippen LogP contribution < -0.4 is 10.6 Å². The summed E-state index contributed by atoms with van der Waals surface area (Å²) >= 11 is 0. The predicted octanol–water partition coefficient (Wildman–Crippen LogP) is -1.22. The highest BCUT2D eigenvalue weighted by Crippen LogP contribution is 2.04. The van der Waals surface area contributed by atoms with Crippen molar-refractivity contribution in [1.82, 2.24) is 15.0 Å². The quantitative estimate of drug-likeness (QED) is 0.417. The van der Waals surface area contributed by atoms with E-state index in [9.17, 15) is 16.8 Å². The Morgan fingerprint density at radius 2 is 1.24 bits per heavy atom. The third kappa shape index (κ3) is 8.34. The summed E-state index contributed by atoms with van der Waals surface area (Å²) in [5, 5.41) is 5.16. The van der Waals surface area contributed by atoms with Crippen molar-refractivity contribution < 1.29 is 25.9 Å². The first-order valence-electron chi connectivity index (χ1n) is 5.66. The van der Waals surface area contributed by atoms with Gasteiger partial charge in [-0.05, 0) is 6.92 Å². The van der Waals surface area contributed by atoms with Crippen molar-refractivity contribution in [3.05, 3.63) is 5.82 Å².